The lowest BCUT2D eigenvalue weighted by atomic mass is 10.3. The largest absolute Gasteiger partial charge is 0.115 e. The summed E-state index contributed by atoms with van der Waals surface area (Å²) in [6.45, 7) is 0. The average molecular weight is 90.1 g/mol. The minimum Gasteiger partial charge on any atom is -0.115 e. The van der Waals surface area contributed by atoms with E-state index in [0.717, 1.165) is 12.0 Å². The van der Waals surface area contributed by atoms with Gasteiger partial charge in [-0.25, -0.2) is 0 Å². The monoisotopic (exact) mass is 90.0 g/mol. The second-order valence-electron chi connectivity index (χ2n) is 1.44. The molecule has 34 valence electrons. The van der Waals surface area contributed by atoms with Crippen LogP contribution in [-0.4, -0.2) is 0 Å². The van der Waals surface area contributed by atoms with Crippen molar-refractivity contribution in [2.24, 2.45) is 0 Å². The second kappa shape index (κ2) is 1.66. The van der Waals surface area contributed by atoms with Crippen LogP contribution in [0.2, 0.25) is 0 Å². The van der Waals surface area contributed by atoms with E-state index < -0.39 is 0 Å². The van der Waals surface area contributed by atoms with Crippen LogP contribution in [0.25, 0.3) is 0 Å². The summed E-state index contributed by atoms with van der Waals surface area (Å²) in [6, 6.07) is 0. The van der Waals surface area contributed by atoms with Crippen LogP contribution in [-0.2, 0) is 0 Å². The van der Waals surface area contributed by atoms with Gasteiger partial charge in [0.25, 0.3) is 0 Å². The maximum absolute atomic E-state index is 5.06. The lowest BCUT2D eigenvalue weighted by Gasteiger charge is -1.73. The Morgan fingerprint density at radius 2 is 2.57 bits per heavy atom. The number of allylic oxidation sites excluding steroid dienone is 4. The van der Waals surface area contributed by atoms with Gasteiger partial charge in [-0.3, -0.25) is 0 Å². The van der Waals surface area contributed by atoms with E-state index in [1.165, 1.54) is 0 Å². The first kappa shape index (κ1) is 4.21. The molecule has 0 aromatic carbocycles. The van der Waals surface area contributed by atoms with Crippen LogP contribution >= 0.6 is 0 Å². The SMILES string of the molecule is C#CC1=CCC=C1. The number of rotatable bonds is 0. The lowest BCUT2D eigenvalue weighted by Crippen LogP contribution is -1.58. The Morgan fingerprint density at radius 3 is 2.86 bits per heavy atom. The van der Waals surface area contributed by atoms with Crippen molar-refractivity contribution in [2.75, 3.05) is 0 Å². The van der Waals surface area contributed by atoms with E-state index in [4.69, 9.17) is 6.42 Å². The summed E-state index contributed by atoms with van der Waals surface area (Å²) in [6.07, 6.45) is 12.1. The Balaban J connectivity index is 2.75. The summed E-state index contributed by atoms with van der Waals surface area (Å²) >= 11 is 0. The van der Waals surface area contributed by atoms with Crippen molar-refractivity contribution in [3.8, 4) is 12.3 Å². The van der Waals surface area contributed by atoms with Gasteiger partial charge in [0.05, 0.1) is 0 Å². The summed E-state index contributed by atoms with van der Waals surface area (Å²) in [5.41, 5.74) is 1.01. The fourth-order valence-corrected chi connectivity index (χ4v) is 0.565. The van der Waals surface area contributed by atoms with E-state index >= 15 is 0 Å². The quantitative estimate of drug-likeness (QED) is 0.395. The molecule has 0 unspecified atom stereocenters. The van der Waals surface area contributed by atoms with Crippen molar-refractivity contribution in [1.29, 1.82) is 0 Å². The zero-order valence-electron chi connectivity index (χ0n) is 4.02. The van der Waals surface area contributed by atoms with E-state index in [-0.39, 0.29) is 0 Å². The van der Waals surface area contributed by atoms with Crippen molar-refractivity contribution in [3.05, 3.63) is 23.8 Å². The Kier molecular flexibility index (Phi) is 0.997. The van der Waals surface area contributed by atoms with E-state index in [1.807, 2.05) is 12.2 Å². The fraction of sp³-hybridized carbons (Fsp3) is 0.143. The van der Waals surface area contributed by atoms with Gasteiger partial charge in [0.2, 0.25) is 0 Å². The third-order valence-electron chi connectivity index (χ3n) is 0.938. The molecule has 0 saturated heterocycles. The highest BCUT2D eigenvalue weighted by molar-refractivity contribution is 5.40. The number of hydrogen-bond donors (Lipinski definition) is 0. The number of hydrogen-bond acceptors (Lipinski definition) is 0. The molecule has 1 rings (SSSR count). The van der Waals surface area contributed by atoms with Gasteiger partial charge in [0, 0.05) is 5.57 Å². The maximum Gasteiger partial charge on any atom is 0.0202 e. The molecule has 0 N–H and O–H groups in total. The molecular weight excluding hydrogens is 84.1 g/mol. The fourth-order valence-electron chi connectivity index (χ4n) is 0.565. The predicted octanol–water partition coefficient (Wildman–Crippen LogP) is 1.51. The maximum atomic E-state index is 5.06. The highest BCUT2D eigenvalue weighted by Gasteiger charge is 1.88. The molecule has 0 saturated carbocycles. The molecule has 7 heavy (non-hydrogen) atoms. The summed E-state index contributed by atoms with van der Waals surface area (Å²) in [4.78, 5) is 0. The van der Waals surface area contributed by atoms with Gasteiger partial charge < -0.3 is 0 Å². The van der Waals surface area contributed by atoms with Crippen LogP contribution in [0.15, 0.2) is 23.8 Å². The summed E-state index contributed by atoms with van der Waals surface area (Å²) in [5, 5.41) is 0. The van der Waals surface area contributed by atoms with E-state index in [9.17, 15) is 0 Å². The minimum atomic E-state index is 1.01. The van der Waals surface area contributed by atoms with E-state index in [0.29, 0.717) is 0 Å². The zero-order valence-corrected chi connectivity index (χ0v) is 4.02. The normalized spacial score (nSPS) is 16.1. The zero-order chi connectivity index (χ0) is 5.11. The smallest absolute Gasteiger partial charge is 0.0202 e. The van der Waals surface area contributed by atoms with Crippen LogP contribution in [0.4, 0.5) is 0 Å². The molecule has 0 aliphatic heterocycles. The Hall–Kier alpha value is -0.960. The van der Waals surface area contributed by atoms with Crippen molar-refractivity contribution < 1.29 is 0 Å². The lowest BCUT2D eigenvalue weighted by molar-refractivity contribution is 1.44. The first-order valence-electron chi connectivity index (χ1n) is 2.27. The highest BCUT2D eigenvalue weighted by Crippen LogP contribution is 2.05. The van der Waals surface area contributed by atoms with Gasteiger partial charge in [0.1, 0.15) is 0 Å². The molecule has 1 aliphatic rings. The molecular formula is C7H6. The van der Waals surface area contributed by atoms with Crippen molar-refractivity contribution in [2.45, 2.75) is 6.42 Å². The predicted molar refractivity (Wildman–Crippen MR) is 30.7 cm³/mol. The van der Waals surface area contributed by atoms with Crippen LogP contribution in [0, 0.1) is 12.3 Å². The van der Waals surface area contributed by atoms with Crippen molar-refractivity contribution in [1.82, 2.24) is 0 Å². The number of terminal acetylenes is 1. The van der Waals surface area contributed by atoms with Crippen LogP contribution in [0.3, 0.4) is 0 Å². The molecule has 0 spiro atoms. The molecule has 0 aromatic heterocycles. The molecule has 0 heteroatoms. The molecule has 1 aliphatic carbocycles. The molecule has 0 heterocycles. The topological polar surface area (TPSA) is 0 Å². The summed E-state index contributed by atoms with van der Waals surface area (Å²) < 4.78 is 0. The third kappa shape index (κ3) is 0.721. The average Bonchev–Trinajstić information content (AvgIpc) is 2.14. The first-order chi connectivity index (χ1) is 3.43. The minimum absolute atomic E-state index is 1.01. The Labute approximate surface area is 43.5 Å². The molecule has 0 bridgehead atoms. The molecule has 0 amide bonds. The molecule has 0 atom stereocenters. The van der Waals surface area contributed by atoms with Crippen LogP contribution in [0.1, 0.15) is 6.42 Å². The molecule has 0 nitrogen and oxygen atoms in total. The van der Waals surface area contributed by atoms with Gasteiger partial charge >= 0.3 is 0 Å². The van der Waals surface area contributed by atoms with E-state index in [2.05, 4.69) is 12.0 Å². The van der Waals surface area contributed by atoms with Crippen LogP contribution < -0.4 is 0 Å². The molecule has 0 radical (unpaired) electrons. The standard InChI is InChI=1S/C7H6/c1-2-7-5-3-4-6-7/h1,3,5-6H,4H2. The van der Waals surface area contributed by atoms with Gasteiger partial charge in [-0.05, 0) is 6.42 Å². The van der Waals surface area contributed by atoms with Gasteiger partial charge in [0.15, 0.2) is 0 Å². The highest BCUT2D eigenvalue weighted by atomic mass is 13.9. The summed E-state index contributed by atoms with van der Waals surface area (Å²) in [5.74, 6) is 2.54. The van der Waals surface area contributed by atoms with Crippen molar-refractivity contribution >= 4 is 0 Å². The van der Waals surface area contributed by atoms with Gasteiger partial charge in [-0.15, -0.1) is 6.42 Å². The van der Waals surface area contributed by atoms with Crippen LogP contribution in [0.5, 0.6) is 0 Å². The molecule has 0 aromatic rings. The Morgan fingerprint density at radius 1 is 1.71 bits per heavy atom. The van der Waals surface area contributed by atoms with E-state index in [1.54, 1.807) is 0 Å². The Bertz CT molecular complexity index is 153. The van der Waals surface area contributed by atoms with Crippen molar-refractivity contribution in [3.63, 3.8) is 0 Å². The van der Waals surface area contributed by atoms with Gasteiger partial charge in [-0.2, -0.15) is 0 Å². The second-order valence-corrected chi connectivity index (χ2v) is 1.44. The summed E-state index contributed by atoms with van der Waals surface area (Å²) in [7, 11) is 0. The molecule has 0 fully saturated rings. The third-order valence-corrected chi connectivity index (χ3v) is 0.938. The van der Waals surface area contributed by atoms with Gasteiger partial charge in [-0.1, -0.05) is 24.1 Å². The first-order valence-corrected chi connectivity index (χ1v) is 2.27.